The highest BCUT2D eigenvalue weighted by atomic mass is 16.5. The van der Waals surface area contributed by atoms with Gasteiger partial charge in [0.05, 0.1) is 25.1 Å². The molecule has 0 saturated carbocycles. The number of carboxylic acid groups (broad SMARTS) is 1. The first-order chi connectivity index (χ1) is 12.0. The van der Waals surface area contributed by atoms with Gasteiger partial charge in [-0.25, -0.2) is 0 Å². The monoisotopic (exact) mass is 345 g/mol. The second kappa shape index (κ2) is 5.86. The Balaban J connectivity index is 1.40. The lowest BCUT2D eigenvalue weighted by Crippen LogP contribution is -2.40. The summed E-state index contributed by atoms with van der Waals surface area (Å²) in [7, 11) is 0. The van der Waals surface area contributed by atoms with Crippen molar-refractivity contribution >= 4 is 11.9 Å². The third kappa shape index (κ3) is 2.60. The summed E-state index contributed by atoms with van der Waals surface area (Å²) in [4.78, 5) is 25.7. The van der Waals surface area contributed by atoms with Gasteiger partial charge >= 0.3 is 5.97 Å². The number of aliphatic carboxylic acids is 1. The largest absolute Gasteiger partial charge is 0.491 e. The molecule has 2 N–H and O–H groups in total. The van der Waals surface area contributed by atoms with E-state index in [4.69, 9.17) is 9.47 Å². The Morgan fingerprint density at radius 2 is 2.16 bits per heavy atom. The van der Waals surface area contributed by atoms with Gasteiger partial charge < -0.3 is 24.6 Å². The van der Waals surface area contributed by atoms with Crippen LogP contribution in [0.25, 0.3) is 0 Å². The number of ether oxygens (including phenoxy) is 2. The van der Waals surface area contributed by atoms with Crippen molar-refractivity contribution in [2.24, 2.45) is 11.8 Å². The molecule has 3 heterocycles. The van der Waals surface area contributed by atoms with E-state index < -0.39 is 35.6 Å². The maximum Gasteiger partial charge on any atom is 0.310 e. The van der Waals surface area contributed by atoms with Gasteiger partial charge in [0, 0.05) is 0 Å². The number of likely N-dealkylation sites (tertiary alicyclic amines) is 1. The number of hydrogen-bond acceptors (Lipinski definition) is 5. The average molecular weight is 345 g/mol. The van der Waals surface area contributed by atoms with Crippen LogP contribution in [0.1, 0.15) is 0 Å². The van der Waals surface area contributed by atoms with Gasteiger partial charge in [-0.3, -0.25) is 9.59 Å². The fourth-order valence-corrected chi connectivity index (χ4v) is 4.03. The minimum Gasteiger partial charge on any atom is -0.491 e. The van der Waals surface area contributed by atoms with Crippen LogP contribution in [0.3, 0.4) is 0 Å². The first kappa shape index (κ1) is 16.1. The molecule has 2 bridgehead atoms. The quantitative estimate of drug-likeness (QED) is 0.720. The lowest BCUT2D eigenvalue weighted by molar-refractivity contribution is -0.148. The molecule has 0 aromatic heterocycles. The molecule has 7 heteroatoms. The Labute approximate surface area is 144 Å². The van der Waals surface area contributed by atoms with E-state index in [1.165, 1.54) is 4.90 Å². The average Bonchev–Trinajstić information content (AvgIpc) is 3.22. The van der Waals surface area contributed by atoms with E-state index in [2.05, 4.69) is 0 Å². The number of fused-ring (bicyclic) bond motifs is 1. The number of rotatable bonds is 6. The molecule has 25 heavy (non-hydrogen) atoms. The van der Waals surface area contributed by atoms with Crippen LogP contribution < -0.4 is 4.74 Å². The Kier molecular flexibility index (Phi) is 3.77. The molecule has 0 unspecified atom stereocenters. The number of β-amino-alcohol motifs (C(OH)–C–C–N with tert-alkyl or cyclic N) is 1. The number of amides is 1. The lowest BCUT2D eigenvalue weighted by atomic mass is 9.77. The SMILES string of the molecule is O=C(O)[C@H]1[C@@H]2C=C[C@]3(CN(C[C@@H](O)COc4ccccc4)C(=O)[C@@H]13)O2. The molecule has 1 aromatic carbocycles. The summed E-state index contributed by atoms with van der Waals surface area (Å²) < 4.78 is 11.3. The number of carbonyl (C=O) groups is 2. The third-order valence-electron chi connectivity index (χ3n) is 5.08. The topological polar surface area (TPSA) is 96.3 Å². The zero-order chi connectivity index (χ0) is 17.6. The lowest BCUT2D eigenvalue weighted by Gasteiger charge is -2.23. The molecule has 132 valence electrons. The van der Waals surface area contributed by atoms with Crippen LogP contribution >= 0.6 is 0 Å². The maximum absolute atomic E-state index is 12.7. The number of hydrogen-bond donors (Lipinski definition) is 2. The number of nitrogens with zero attached hydrogens (tertiary/aromatic N) is 1. The van der Waals surface area contributed by atoms with Crippen LogP contribution in [-0.4, -0.2) is 64.5 Å². The summed E-state index contributed by atoms with van der Waals surface area (Å²) in [6.45, 7) is 0.390. The van der Waals surface area contributed by atoms with Gasteiger partial charge in [-0.1, -0.05) is 30.4 Å². The van der Waals surface area contributed by atoms with Crippen LogP contribution in [0, 0.1) is 11.8 Å². The highest BCUT2D eigenvalue weighted by Gasteiger charge is 2.67. The maximum atomic E-state index is 12.7. The summed E-state index contributed by atoms with van der Waals surface area (Å²) in [5.74, 6) is -2.24. The van der Waals surface area contributed by atoms with Crippen LogP contribution in [0.2, 0.25) is 0 Å². The molecule has 1 amide bonds. The molecule has 5 atom stereocenters. The zero-order valence-corrected chi connectivity index (χ0v) is 13.4. The summed E-state index contributed by atoms with van der Waals surface area (Å²) in [5, 5.41) is 19.6. The van der Waals surface area contributed by atoms with Crippen molar-refractivity contribution in [1.29, 1.82) is 0 Å². The van der Waals surface area contributed by atoms with Crippen molar-refractivity contribution in [3.8, 4) is 5.75 Å². The second-order valence-corrected chi connectivity index (χ2v) is 6.73. The molecule has 2 saturated heterocycles. The smallest absolute Gasteiger partial charge is 0.310 e. The molecule has 4 rings (SSSR count). The van der Waals surface area contributed by atoms with E-state index >= 15 is 0 Å². The molecule has 7 nitrogen and oxygen atoms in total. The van der Waals surface area contributed by atoms with E-state index in [0.29, 0.717) is 5.75 Å². The molecule has 1 aromatic rings. The predicted molar refractivity (Wildman–Crippen MR) is 85.9 cm³/mol. The van der Waals surface area contributed by atoms with Gasteiger partial charge in [0.15, 0.2) is 0 Å². The fraction of sp³-hybridized carbons (Fsp3) is 0.444. The van der Waals surface area contributed by atoms with Crippen LogP contribution in [0.15, 0.2) is 42.5 Å². The van der Waals surface area contributed by atoms with Crippen molar-refractivity contribution in [2.75, 3.05) is 19.7 Å². The van der Waals surface area contributed by atoms with Gasteiger partial charge in [-0.2, -0.15) is 0 Å². The van der Waals surface area contributed by atoms with E-state index in [9.17, 15) is 19.8 Å². The van der Waals surface area contributed by atoms with Gasteiger partial charge in [0.2, 0.25) is 5.91 Å². The first-order valence-corrected chi connectivity index (χ1v) is 8.25. The number of carboxylic acids is 1. The Morgan fingerprint density at radius 3 is 2.88 bits per heavy atom. The van der Waals surface area contributed by atoms with Gasteiger partial charge in [-0.15, -0.1) is 0 Å². The number of carbonyl (C=O) groups excluding carboxylic acids is 1. The van der Waals surface area contributed by atoms with Crippen molar-refractivity contribution in [2.45, 2.75) is 17.8 Å². The zero-order valence-electron chi connectivity index (χ0n) is 13.4. The van der Waals surface area contributed by atoms with Crippen LogP contribution in [-0.2, 0) is 14.3 Å². The molecule has 3 aliphatic rings. The number of aliphatic hydroxyl groups is 1. The van der Waals surface area contributed by atoms with E-state index in [1.54, 1.807) is 24.3 Å². The highest BCUT2D eigenvalue weighted by Crippen LogP contribution is 2.51. The van der Waals surface area contributed by atoms with E-state index in [0.717, 1.165) is 0 Å². The predicted octanol–water partition coefficient (Wildman–Crippen LogP) is 0.293. The number of para-hydroxylation sites is 1. The van der Waals surface area contributed by atoms with Crippen molar-refractivity contribution in [1.82, 2.24) is 4.90 Å². The van der Waals surface area contributed by atoms with E-state index in [1.807, 2.05) is 18.2 Å². The molecular formula is C18H19NO6. The number of benzene rings is 1. The van der Waals surface area contributed by atoms with Gasteiger partial charge in [0.25, 0.3) is 0 Å². The standard InChI is InChI=1S/C18H19NO6/c20-11(9-24-12-4-2-1-3-5-12)8-19-10-18-7-6-13(25-18)14(17(22)23)15(18)16(19)21/h1-7,11,13-15,20H,8-10H2,(H,22,23)/t11-,13+,14+,15-,18-/m1/s1. The van der Waals surface area contributed by atoms with E-state index in [-0.39, 0.29) is 25.6 Å². The second-order valence-electron chi connectivity index (χ2n) is 6.73. The van der Waals surface area contributed by atoms with Crippen molar-refractivity contribution in [3.05, 3.63) is 42.5 Å². The number of aliphatic hydroxyl groups excluding tert-OH is 1. The van der Waals surface area contributed by atoms with Crippen LogP contribution in [0.4, 0.5) is 0 Å². The van der Waals surface area contributed by atoms with Gasteiger partial charge in [0.1, 0.15) is 30.0 Å². The Morgan fingerprint density at radius 1 is 1.40 bits per heavy atom. The van der Waals surface area contributed by atoms with Crippen molar-refractivity contribution < 1.29 is 29.3 Å². The van der Waals surface area contributed by atoms with Gasteiger partial charge in [-0.05, 0) is 12.1 Å². The minimum absolute atomic E-state index is 0.0488. The molecular weight excluding hydrogens is 326 g/mol. The highest BCUT2D eigenvalue weighted by molar-refractivity contribution is 5.90. The van der Waals surface area contributed by atoms with Crippen molar-refractivity contribution in [3.63, 3.8) is 0 Å². The molecule has 3 aliphatic heterocycles. The third-order valence-corrected chi connectivity index (χ3v) is 5.08. The normalized spacial score (nSPS) is 33.6. The molecule has 2 fully saturated rings. The summed E-state index contributed by atoms with van der Waals surface area (Å²) in [5.41, 5.74) is -0.870. The summed E-state index contributed by atoms with van der Waals surface area (Å²) >= 11 is 0. The Bertz CT molecular complexity index is 720. The fourth-order valence-electron chi connectivity index (χ4n) is 4.03. The Hall–Kier alpha value is -2.38. The molecule has 0 aliphatic carbocycles. The first-order valence-electron chi connectivity index (χ1n) is 8.25. The molecule has 0 radical (unpaired) electrons. The molecule has 1 spiro atoms. The summed E-state index contributed by atoms with van der Waals surface area (Å²) in [6.07, 6.45) is 2.11. The van der Waals surface area contributed by atoms with Crippen LogP contribution in [0.5, 0.6) is 5.75 Å². The minimum atomic E-state index is -1.02. The summed E-state index contributed by atoms with van der Waals surface area (Å²) in [6, 6.07) is 9.10.